The van der Waals surface area contributed by atoms with Gasteiger partial charge in [0.05, 0.1) is 0 Å². The van der Waals surface area contributed by atoms with Gasteiger partial charge in [-0.05, 0) is 17.7 Å². The van der Waals surface area contributed by atoms with Crippen LogP contribution in [-0.2, 0) is 5.60 Å². The maximum atomic E-state index is 14.1. The minimum atomic E-state index is -5.97. The molecule has 0 saturated carbocycles. The average Bonchev–Trinajstić information content (AvgIpc) is 2.53. The van der Waals surface area contributed by atoms with E-state index >= 15 is 0 Å². The number of hydrogen-bond donors (Lipinski definition) is 1. The van der Waals surface area contributed by atoms with Crippen LogP contribution in [0.3, 0.4) is 0 Å². The van der Waals surface area contributed by atoms with Crippen molar-refractivity contribution in [3.63, 3.8) is 0 Å². The second-order valence-corrected chi connectivity index (χ2v) is 5.47. The summed E-state index contributed by atoms with van der Waals surface area (Å²) in [5.41, 5.74) is -4.04. The van der Waals surface area contributed by atoms with Crippen molar-refractivity contribution < 1.29 is 27.1 Å². The van der Waals surface area contributed by atoms with Gasteiger partial charge in [-0.3, -0.25) is 0 Å². The molecule has 1 atom stereocenters. The van der Waals surface area contributed by atoms with E-state index in [1.165, 1.54) is 24.3 Å². The van der Waals surface area contributed by atoms with Crippen molar-refractivity contribution in [1.29, 1.82) is 0 Å². The predicted molar refractivity (Wildman–Crippen MR) is 81.8 cm³/mol. The first-order chi connectivity index (χ1) is 11.1. The van der Waals surface area contributed by atoms with E-state index in [1.54, 1.807) is 18.2 Å². The molecular weight excluding hydrogens is 351 g/mol. The van der Waals surface area contributed by atoms with Crippen LogP contribution >= 0.6 is 11.6 Å². The Hall–Kier alpha value is -1.92. The summed E-state index contributed by atoms with van der Waals surface area (Å²) in [6.07, 6.45) is -4.57. The number of rotatable bonds is 4. The standard InChI is InChI=1S/C17H12ClF5O/c18-14-9-5-4-8-13(14)15(24,16(19,20)17(21,22)23)11-10-12-6-2-1-3-7-12/h1-11,24H/b11-10+. The van der Waals surface area contributed by atoms with Crippen LogP contribution in [0, 0.1) is 0 Å². The second-order valence-electron chi connectivity index (χ2n) is 5.06. The Labute approximate surface area is 140 Å². The number of aliphatic hydroxyl groups is 1. The zero-order valence-electron chi connectivity index (χ0n) is 12.1. The molecule has 2 aromatic rings. The molecular formula is C17H12ClF5O. The SMILES string of the molecule is OC(/C=C/c1ccccc1)(c1ccccc1Cl)C(F)(F)C(F)(F)F. The molecule has 128 valence electrons. The van der Waals surface area contributed by atoms with Crippen LogP contribution in [0.1, 0.15) is 11.1 Å². The third kappa shape index (κ3) is 3.30. The van der Waals surface area contributed by atoms with Crippen LogP contribution in [-0.4, -0.2) is 17.2 Å². The van der Waals surface area contributed by atoms with Gasteiger partial charge in [0.2, 0.25) is 0 Å². The van der Waals surface area contributed by atoms with Gasteiger partial charge in [-0.25, -0.2) is 0 Å². The Bertz CT molecular complexity index is 727. The molecule has 2 rings (SSSR count). The molecule has 0 bridgehead atoms. The topological polar surface area (TPSA) is 20.2 Å². The van der Waals surface area contributed by atoms with E-state index in [0.29, 0.717) is 11.6 Å². The smallest absolute Gasteiger partial charge is 0.375 e. The van der Waals surface area contributed by atoms with E-state index in [9.17, 15) is 27.1 Å². The molecule has 0 spiro atoms. The van der Waals surface area contributed by atoms with Gasteiger partial charge in [0.1, 0.15) is 0 Å². The molecule has 0 radical (unpaired) electrons. The van der Waals surface area contributed by atoms with E-state index in [-0.39, 0.29) is 0 Å². The minimum absolute atomic E-state index is 0.348. The maximum Gasteiger partial charge on any atom is 0.457 e. The van der Waals surface area contributed by atoms with Crippen molar-refractivity contribution in [3.05, 3.63) is 76.8 Å². The third-order valence-corrected chi connectivity index (χ3v) is 3.77. The zero-order chi connectivity index (χ0) is 18.0. The van der Waals surface area contributed by atoms with Crippen molar-refractivity contribution in [2.45, 2.75) is 17.7 Å². The van der Waals surface area contributed by atoms with Gasteiger partial charge in [-0.15, -0.1) is 0 Å². The predicted octanol–water partition coefficient (Wildman–Crippen LogP) is 5.44. The normalized spacial score (nSPS) is 15.5. The first-order valence-corrected chi connectivity index (χ1v) is 7.13. The first kappa shape index (κ1) is 18.4. The lowest BCUT2D eigenvalue weighted by Crippen LogP contribution is -2.54. The van der Waals surface area contributed by atoms with E-state index in [4.69, 9.17) is 11.6 Å². The largest absolute Gasteiger partial charge is 0.457 e. The van der Waals surface area contributed by atoms with E-state index in [2.05, 4.69) is 0 Å². The van der Waals surface area contributed by atoms with Gasteiger partial charge in [0.15, 0.2) is 5.60 Å². The highest BCUT2D eigenvalue weighted by atomic mass is 35.5. The molecule has 1 nitrogen and oxygen atoms in total. The molecule has 0 aliphatic carbocycles. The minimum Gasteiger partial charge on any atom is -0.375 e. The number of hydrogen-bond acceptors (Lipinski definition) is 1. The van der Waals surface area contributed by atoms with Gasteiger partial charge in [0.25, 0.3) is 0 Å². The van der Waals surface area contributed by atoms with Gasteiger partial charge in [0, 0.05) is 10.6 Å². The Kier molecular flexibility index (Phi) is 5.01. The van der Waals surface area contributed by atoms with Gasteiger partial charge >= 0.3 is 12.1 Å². The quantitative estimate of drug-likeness (QED) is 0.718. The summed E-state index contributed by atoms with van der Waals surface area (Å²) in [7, 11) is 0. The lowest BCUT2D eigenvalue weighted by Gasteiger charge is -2.35. The fourth-order valence-electron chi connectivity index (χ4n) is 2.13. The molecule has 24 heavy (non-hydrogen) atoms. The van der Waals surface area contributed by atoms with Crippen molar-refractivity contribution >= 4 is 17.7 Å². The molecule has 0 aromatic heterocycles. The monoisotopic (exact) mass is 362 g/mol. The molecule has 7 heteroatoms. The van der Waals surface area contributed by atoms with E-state index < -0.39 is 28.3 Å². The van der Waals surface area contributed by atoms with Crippen LogP contribution in [0.4, 0.5) is 22.0 Å². The van der Waals surface area contributed by atoms with Crippen LogP contribution in [0.25, 0.3) is 6.08 Å². The molecule has 0 saturated heterocycles. The Morgan fingerprint density at radius 2 is 1.38 bits per heavy atom. The molecule has 1 unspecified atom stereocenters. The van der Waals surface area contributed by atoms with Crippen LogP contribution in [0.15, 0.2) is 60.7 Å². The van der Waals surface area contributed by atoms with Gasteiger partial charge in [-0.2, -0.15) is 22.0 Å². The average molecular weight is 363 g/mol. The molecule has 0 amide bonds. The summed E-state index contributed by atoms with van der Waals surface area (Å²) in [6.45, 7) is 0. The van der Waals surface area contributed by atoms with Crippen LogP contribution in [0.2, 0.25) is 5.02 Å². The lowest BCUT2D eigenvalue weighted by molar-refractivity contribution is -0.334. The Balaban J connectivity index is 2.62. The van der Waals surface area contributed by atoms with Gasteiger partial charge < -0.3 is 5.11 Å². The zero-order valence-corrected chi connectivity index (χ0v) is 12.8. The number of benzene rings is 2. The van der Waals surface area contributed by atoms with Gasteiger partial charge in [-0.1, -0.05) is 66.2 Å². The first-order valence-electron chi connectivity index (χ1n) is 6.76. The van der Waals surface area contributed by atoms with Crippen molar-refractivity contribution in [3.8, 4) is 0 Å². The molecule has 0 aliphatic heterocycles. The van der Waals surface area contributed by atoms with Crippen molar-refractivity contribution in [2.75, 3.05) is 0 Å². The van der Waals surface area contributed by atoms with Crippen LogP contribution < -0.4 is 0 Å². The summed E-state index contributed by atoms with van der Waals surface area (Å²) < 4.78 is 66.8. The summed E-state index contributed by atoms with van der Waals surface area (Å²) >= 11 is 5.75. The Morgan fingerprint density at radius 3 is 1.92 bits per heavy atom. The molecule has 0 heterocycles. The van der Waals surface area contributed by atoms with E-state index in [1.807, 2.05) is 0 Å². The highest BCUT2D eigenvalue weighted by molar-refractivity contribution is 6.31. The molecule has 1 N–H and O–H groups in total. The molecule has 0 fully saturated rings. The highest BCUT2D eigenvalue weighted by Gasteiger charge is 2.70. The van der Waals surface area contributed by atoms with E-state index in [0.717, 1.165) is 18.2 Å². The van der Waals surface area contributed by atoms with Crippen LogP contribution in [0.5, 0.6) is 0 Å². The summed E-state index contributed by atoms with van der Waals surface area (Å²) in [5, 5.41) is 9.95. The summed E-state index contributed by atoms with van der Waals surface area (Å²) in [6, 6.07) is 12.4. The fraction of sp³-hybridized carbons (Fsp3) is 0.176. The summed E-state index contributed by atoms with van der Waals surface area (Å²) in [5.74, 6) is -5.45. The third-order valence-electron chi connectivity index (χ3n) is 3.44. The highest BCUT2D eigenvalue weighted by Crippen LogP contribution is 2.50. The summed E-state index contributed by atoms with van der Waals surface area (Å²) in [4.78, 5) is 0. The van der Waals surface area contributed by atoms with Crippen molar-refractivity contribution in [2.24, 2.45) is 0 Å². The number of halogens is 6. The maximum absolute atomic E-state index is 14.1. The second kappa shape index (κ2) is 6.53. The Morgan fingerprint density at radius 1 is 0.833 bits per heavy atom. The number of alkyl halides is 5. The molecule has 0 aliphatic rings. The fourth-order valence-corrected chi connectivity index (χ4v) is 2.41. The lowest BCUT2D eigenvalue weighted by atomic mass is 9.85. The molecule has 2 aromatic carbocycles. The van der Waals surface area contributed by atoms with Crippen molar-refractivity contribution in [1.82, 2.24) is 0 Å².